The van der Waals surface area contributed by atoms with Gasteiger partial charge in [-0.1, -0.05) is 79.7 Å². The van der Waals surface area contributed by atoms with Crippen LogP contribution in [0.3, 0.4) is 0 Å². The Balaban J connectivity index is 1.48. The molecule has 0 aromatic heterocycles. The Bertz CT molecular complexity index is 1610. The lowest BCUT2D eigenvalue weighted by Crippen LogP contribution is -2.55. The quantitative estimate of drug-likeness (QED) is 0.214. The predicted octanol–water partition coefficient (Wildman–Crippen LogP) is 5.31. The number of carbonyl (C=O) groups is 2. The molecule has 1 aliphatic rings. The number of carbonyl (C=O) groups excluding carboxylic acids is 2. The van der Waals surface area contributed by atoms with E-state index in [1.54, 1.807) is 0 Å². The van der Waals surface area contributed by atoms with E-state index in [0.717, 1.165) is 39.9 Å². The number of nitrogens with one attached hydrogen (secondary N) is 1. The highest BCUT2D eigenvalue weighted by Crippen LogP contribution is 2.40. The molecule has 4 aromatic rings. The third-order valence-corrected chi connectivity index (χ3v) is 8.37. The molecule has 5 rings (SSSR count). The van der Waals surface area contributed by atoms with Crippen LogP contribution in [-0.4, -0.2) is 62.1 Å². The molecule has 2 amide bonds. The maximum atomic E-state index is 14.0. The number of benzene rings is 4. The minimum absolute atomic E-state index is 0.00180. The predicted molar refractivity (Wildman–Crippen MR) is 182 cm³/mol. The van der Waals surface area contributed by atoms with Crippen molar-refractivity contribution in [1.82, 2.24) is 10.2 Å². The van der Waals surface area contributed by atoms with Crippen LogP contribution in [0.1, 0.15) is 46.5 Å². The van der Waals surface area contributed by atoms with Gasteiger partial charge in [-0.2, -0.15) is 0 Å². The molecule has 1 heterocycles. The molecule has 234 valence electrons. The molecule has 0 bridgehead atoms. The highest BCUT2D eigenvalue weighted by molar-refractivity contribution is 6.05. The number of ether oxygens (including phenoxy) is 1. The van der Waals surface area contributed by atoms with Gasteiger partial charge in [-0.05, 0) is 53.8 Å². The van der Waals surface area contributed by atoms with Crippen molar-refractivity contribution in [2.24, 2.45) is 11.5 Å². The fraction of sp³-hybridized carbons (Fsp3) is 0.297. The highest BCUT2D eigenvalue weighted by Gasteiger charge is 2.34. The lowest BCUT2D eigenvalue weighted by Gasteiger charge is -2.43. The van der Waals surface area contributed by atoms with Crippen LogP contribution in [0.5, 0.6) is 5.75 Å². The smallest absolute Gasteiger partial charge is 0.257 e. The number of piperazine rings is 1. The van der Waals surface area contributed by atoms with Crippen molar-refractivity contribution >= 4 is 17.5 Å². The van der Waals surface area contributed by atoms with Gasteiger partial charge in [-0.15, -0.1) is 0 Å². The Morgan fingerprint density at radius 3 is 2.24 bits per heavy atom. The summed E-state index contributed by atoms with van der Waals surface area (Å²) in [6.07, 6.45) is 0.792. The van der Waals surface area contributed by atoms with Crippen LogP contribution < -0.4 is 26.4 Å². The molecular weight excluding hydrogens is 562 g/mol. The fourth-order valence-electron chi connectivity index (χ4n) is 6.06. The molecular formula is C37H43N5O3. The van der Waals surface area contributed by atoms with E-state index in [-0.39, 0.29) is 17.9 Å². The molecule has 5 N–H and O–H groups in total. The standard InChI is InChI=1S/C37H43N5O3/c1-3-29-25-41(37(44)32-13-9-8-12-30(32)28-16-14-26(24-39)15-17-28)22-23-42(29)33-19-18-31(27-10-6-5-7-11-27)35(45-4-2)34(33)36(43)40-21-20-38/h5-19,29H,3-4,20-25,38-39H2,1-2H3,(H,40,43)/t29-/m1/s1. The number of hydrogen-bond donors (Lipinski definition) is 3. The monoisotopic (exact) mass is 605 g/mol. The zero-order valence-corrected chi connectivity index (χ0v) is 26.2. The molecule has 8 nitrogen and oxygen atoms in total. The number of hydrogen-bond acceptors (Lipinski definition) is 6. The minimum atomic E-state index is -0.223. The van der Waals surface area contributed by atoms with Crippen molar-refractivity contribution in [1.29, 1.82) is 0 Å². The summed E-state index contributed by atoms with van der Waals surface area (Å²) < 4.78 is 6.22. The van der Waals surface area contributed by atoms with Crippen molar-refractivity contribution in [3.05, 3.63) is 108 Å². The third kappa shape index (κ3) is 6.87. The normalized spacial score (nSPS) is 14.7. The molecule has 0 radical (unpaired) electrons. The molecule has 0 saturated carbocycles. The van der Waals surface area contributed by atoms with Crippen molar-refractivity contribution < 1.29 is 14.3 Å². The zero-order valence-electron chi connectivity index (χ0n) is 26.2. The number of amides is 2. The van der Waals surface area contributed by atoms with Gasteiger partial charge in [0.25, 0.3) is 11.8 Å². The van der Waals surface area contributed by atoms with Gasteiger partial charge in [0.2, 0.25) is 0 Å². The summed E-state index contributed by atoms with van der Waals surface area (Å²) in [5.41, 5.74) is 18.3. The molecule has 0 spiro atoms. The van der Waals surface area contributed by atoms with Crippen molar-refractivity contribution in [2.45, 2.75) is 32.9 Å². The van der Waals surface area contributed by atoms with Gasteiger partial charge < -0.3 is 31.3 Å². The summed E-state index contributed by atoms with van der Waals surface area (Å²) in [7, 11) is 0. The first-order chi connectivity index (χ1) is 22.0. The van der Waals surface area contributed by atoms with Crippen LogP contribution in [0.4, 0.5) is 5.69 Å². The SMILES string of the molecule is CCOc1c(-c2ccccc2)ccc(N2CCN(C(=O)c3ccccc3-c3ccc(CN)cc3)C[C@H]2CC)c1C(=O)NCCN. The number of anilines is 1. The maximum Gasteiger partial charge on any atom is 0.257 e. The summed E-state index contributed by atoms with van der Waals surface area (Å²) in [5, 5.41) is 2.97. The van der Waals surface area contributed by atoms with Crippen molar-refractivity contribution in [3.63, 3.8) is 0 Å². The number of nitrogens with two attached hydrogens (primary N) is 2. The summed E-state index contributed by atoms with van der Waals surface area (Å²) in [6, 6.07) is 29.8. The summed E-state index contributed by atoms with van der Waals surface area (Å²) in [4.78, 5) is 32.0. The second-order valence-corrected chi connectivity index (χ2v) is 11.1. The van der Waals surface area contributed by atoms with Crippen LogP contribution in [0.15, 0.2) is 91.0 Å². The van der Waals surface area contributed by atoms with Crippen LogP contribution in [0.25, 0.3) is 22.3 Å². The second kappa shape index (κ2) is 14.9. The Morgan fingerprint density at radius 2 is 1.56 bits per heavy atom. The largest absolute Gasteiger partial charge is 0.492 e. The average molecular weight is 606 g/mol. The minimum Gasteiger partial charge on any atom is -0.492 e. The molecule has 1 aliphatic heterocycles. The van der Waals surface area contributed by atoms with Crippen molar-refractivity contribution in [3.8, 4) is 28.0 Å². The lowest BCUT2D eigenvalue weighted by molar-refractivity contribution is 0.0720. The fourth-order valence-corrected chi connectivity index (χ4v) is 6.06. The summed E-state index contributed by atoms with van der Waals surface area (Å²) in [6.45, 7) is 7.24. The highest BCUT2D eigenvalue weighted by atomic mass is 16.5. The van der Waals surface area contributed by atoms with Gasteiger partial charge >= 0.3 is 0 Å². The molecule has 0 aliphatic carbocycles. The Hall–Kier alpha value is -4.66. The van der Waals surface area contributed by atoms with Gasteiger partial charge in [-0.25, -0.2) is 0 Å². The van der Waals surface area contributed by atoms with E-state index in [1.807, 2.05) is 103 Å². The molecule has 1 saturated heterocycles. The second-order valence-electron chi connectivity index (χ2n) is 11.1. The number of nitrogens with zero attached hydrogens (tertiary/aromatic N) is 2. The van der Waals surface area contributed by atoms with E-state index >= 15 is 0 Å². The van der Waals surface area contributed by atoms with Crippen molar-refractivity contribution in [2.75, 3.05) is 44.2 Å². The van der Waals surface area contributed by atoms with Crippen LogP contribution in [0, 0.1) is 0 Å². The molecule has 4 aromatic carbocycles. The Morgan fingerprint density at radius 1 is 0.844 bits per heavy atom. The topological polar surface area (TPSA) is 114 Å². The third-order valence-electron chi connectivity index (χ3n) is 8.37. The van der Waals surface area contributed by atoms with E-state index < -0.39 is 0 Å². The maximum absolute atomic E-state index is 14.0. The first-order valence-corrected chi connectivity index (χ1v) is 15.8. The van der Waals surface area contributed by atoms with Gasteiger partial charge in [0.05, 0.1) is 12.3 Å². The van der Waals surface area contributed by atoms with Crippen LogP contribution in [-0.2, 0) is 6.54 Å². The zero-order chi connectivity index (χ0) is 31.8. The van der Waals surface area contributed by atoms with E-state index in [1.165, 1.54) is 0 Å². The molecule has 1 atom stereocenters. The van der Waals surface area contributed by atoms with Crippen LogP contribution >= 0.6 is 0 Å². The number of rotatable bonds is 11. The average Bonchev–Trinajstić information content (AvgIpc) is 3.10. The van der Waals surface area contributed by atoms with Crippen LogP contribution in [0.2, 0.25) is 0 Å². The summed E-state index contributed by atoms with van der Waals surface area (Å²) >= 11 is 0. The molecule has 8 heteroatoms. The van der Waals surface area contributed by atoms with E-state index in [4.69, 9.17) is 16.2 Å². The Labute approximate surface area is 266 Å². The molecule has 45 heavy (non-hydrogen) atoms. The first-order valence-electron chi connectivity index (χ1n) is 15.8. The van der Waals surface area contributed by atoms with E-state index in [0.29, 0.717) is 62.8 Å². The van der Waals surface area contributed by atoms with Gasteiger partial charge in [0, 0.05) is 56.4 Å². The van der Waals surface area contributed by atoms with Gasteiger partial charge in [0.15, 0.2) is 0 Å². The summed E-state index contributed by atoms with van der Waals surface area (Å²) in [5.74, 6) is 0.334. The first kappa shape index (κ1) is 31.8. The van der Waals surface area contributed by atoms with E-state index in [9.17, 15) is 9.59 Å². The van der Waals surface area contributed by atoms with Gasteiger partial charge in [0.1, 0.15) is 11.3 Å². The molecule has 1 fully saturated rings. The molecule has 0 unspecified atom stereocenters. The Kier molecular flexibility index (Phi) is 10.5. The lowest BCUT2D eigenvalue weighted by atomic mass is 9.96. The van der Waals surface area contributed by atoms with E-state index in [2.05, 4.69) is 17.1 Å². The van der Waals surface area contributed by atoms with Gasteiger partial charge in [-0.3, -0.25) is 9.59 Å².